The molecule has 1 aromatic rings. The summed E-state index contributed by atoms with van der Waals surface area (Å²) in [6, 6.07) is 6.64. The molecule has 148 valence electrons. The number of thiocarbonyl (C=S) groups is 1. The Morgan fingerprint density at radius 3 is 2.41 bits per heavy atom. The van der Waals surface area contributed by atoms with Gasteiger partial charge in [-0.25, -0.2) is 4.79 Å². The number of carbonyl (C=O) groups is 1. The van der Waals surface area contributed by atoms with Gasteiger partial charge in [0, 0.05) is 32.6 Å². The topological polar surface area (TPSA) is 42.0 Å². The molecular formula is C21H30N2O3S. The summed E-state index contributed by atoms with van der Waals surface area (Å²) in [7, 11) is 0. The van der Waals surface area contributed by atoms with Gasteiger partial charge < -0.3 is 19.3 Å². The average Bonchev–Trinajstić information content (AvgIpc) is 2.83. The summed E-state index contributed by atoms with van der Waals surface area (Å²) in [6.45, 7) is 10.4. The average molecular weight is 391 g/mol. The van der Waals surface area contributed by atoms with Crippen LogP contribution in [-0.2, 0) is 28.7 Å². The van der Waals surface area contributed by atoms with E-state index in [1.54, 1.807) is 0 Å². The van der Waals surface area contributed by atoms with Crippen LogP contribution >= 0.6 is 12.2 Å². The van der Waals surface area contributed by atoms with Crippen molar-refractivity contribution in [1.29, 1.82) is 0 Å². The molecule has 2 heterocycles. The highest BCUT2D eigenvalue weighted by molar-refractivity contribution is 7.80. The molecule has 5 nitrogen and oxygen atoms in total. The minimum Gasteiger partial charge on any atom is -0.444 e. The van der Waals surface area contributed by atoms with Crippen molar-refractivity contribution in [1.82, 2.24) is 9.80 Å². The number of morpholine rings is 1. The van der Waals surface area contributed by atoms with Crippen molar-refractivity contribution in [2.75, 3.05) is 39.4 Å². The Labute approximate surface area is 167 Å². The normalized spacial score (nSPS) is 17.9. The summed E-state index contributed by atoms with van der Waals surface area (Å²) in [5.41, 5.74) is 3.43. The summed E-state index contributed by atoms with van der Waals surface area (Å²) < 4.78 is 10.9. The van der Waals surface area contributed by atoms with Gasteiger partial charge in [0.1, 0.15) is 5.60 Å². The lowest BCUT2D eigenvalue weighted by atomic mass is 9.98. The van der Waals surface area contributed by atoms with Crippen molar-refractivity contribution in [3.8, 4) is 0 Å². The molecule has 1 amide bonds. The van der Waals surface area contributed by atoms with Crippen LogP contribution in [0.15, 0.2) is 18.2 Å². The molecule has 0 spiro atoms. The minimum absolute atomic E-state index is 0.218. The van der Waals surface area contributed by atoms with Crippen molar-refractivity contribution >= 4 is 23.3 Å². The molecular weight excluding hydrogens is 360 g/mol. The summed E-state index contributed by atoms with van der Waals surface area (Å²) >= 11 is 5.64. The van der Waals surface area contributed by atoms with Crippen molar-refractivity contribution in [3.05, 3.63) is 34.9 Å². The summed E-state index contributed by atoms with van der Waals surface area (Å²) in [6.07, 6.45) is 2.29. The molecule has 0 atom stereocenters. The standard InChI is InChI=1S/C21H30N2O3S/c1-21(2,3)26-20(24)23-8-6-17-5-4-16(14-18(17)7-9-23)15-19(27)22-10-12-25-13-11-22/h4-5,14H,6-13,15H2,1-3H3. The first-order chi connectivity index (χ1) is 12.8. The van der Waals surface area contributed by atoms with Gasteiger partial charge in [-0.1, -0.05) is 30.4 Å². The largest absolute Gasteiger partial charge is 0.444 e. The lowest BCUT2D eigenvalue weighted by Gasteiger charge is -2.29. The van der Waals surface area contributed by atoms with Crippen molar-refractivity contribution in [2.24, 2.45) is 0 Å². The van der Waals surface area contributed by atoms with Crippen LogP contribution in [0.2, 0.25) is 0 Å². The number of rotatable bonds is 2. The predicted octanol–water partition coefficient (Wildman–Crippen LogP) is 3.22. The second-order valence-electron chi connectivity index (χ2n) is 8.24. The Kier molecular flexibility index (Phi) is 6.37. The van der Waals surface area contributed by atoms with E-state index in [4.69, 9.17) is 21.7 Å². The maximum atomic E-state index is 12.4. The number of amides is 1. The highest BCUT2D eigenvalue weighted by Gasteiger charge is 2.24. The molecule has 0 bridgehead atoms. The zero-order chi connectivity index (χ0) is 19.4. The van der Waals surface area contributed by atoms with Crippen LogP contribution in [0.1, 0.15) is 37.5 Å². The molecule has 0 N–H and O–H groups in total. The van der Waals surface area contributed by atoms with Crippen LogP contribution in [0.4, 0.5) is 4.79 Å². The minimum atomic E-state index is -0.460. The van der Waals surface area contributed by atoms with Crippen LogP contribution in [0.3, 0.4) is 0 Å². The van der Waals surface area contributed by atoms with Gasteiger partial charge in [-0.3, -0.25) is 0 Å². The number of hydrogen-bond donors (Lipinski definition) is 0. The molecule has 0 aliphatic carbocycles. The Bertz CT molecular complexity index is 693. The Hall–Kier alpha value is -1.66. The molecule has 0 radical (unpaired) electrons. The zero-order valence-corrected chi connectivity index (χ0v) is 17.4. The first kappa shape index (κ1) is 20.1. The van der Waals surface area contributed by atoms with Gasteiger partial charge in [-0.15, -0.1) is 0 Å². The first-order valence-corrected chi connectivity index (χ1v) is 10.2. The van der Waals surface area contributed by atoms with Crippen LogP contribution in [-0.4, -0.2) is 65.9 Å². The second-order valence-corrected chi connectivity index (χ2v) is 8.71. The molecule has 1 aromatic carbocycles. The number of carbonyl (C=O) groups excluding carboxylic acids is 1. The summed E-state index contributed by atoms with van der Waals surface area (Å²) in [5, 5.41) is 0. The molecule has 6 heteroatoms. The number of ether oxygens (including phenoxy) is 2. The van der Waals surface area contributed by atoms with Crippen molar-refractivity contribution in [3.63, 3.8) is 0 Å². The summed E-state index contributed by atoms with van der Waals surface area (Å²) in [5.74, 6) is 0. The SMILES string of the molecule is CC(C)(C)OC(=O)N1CCc2ccc(CC(=S)N3CCOCC3)cc2CC1. The third kappa shape index (κ3) is 5.66. The molecule has 27 heavy (non-hydrogen) atoms. The maximum Gasteiger partial charge on any atom is 0.410 e. The summed E-state index contributed by atoms with van der Waals surface area (Å²) in [4.78, 5) is 17.4. The predicted molar refractivity (Wildman–Crippen MR) is 110 cm³/mol. The van der Waals surface area contributed by atoms with Gasteiger partial charge in [0.25, 0.3) is 0 Å². The van der Waals surface area contributed by atoms with Gasteiger partial charge in [-0.05, 0) is 50.3 Å². The monoisotopic (exact) mass is 390 g/mol. The number of fused-ring (bicyclic) bond motifs is 1. The Morgan fingerprint density at radius 1 is 1.07 bits per heavy atom. The molecule has 1 fully saturated rings. The number of benzene rings is 1. The van der Waals surface area contributed by atoms with E-state index >= 15 is 0 Å². The second kappa shape index (κ2) is 8.57. The van der Waals surface area contributed by atoms with E-state index in [2.05, 4.69) is 23.1 Å². The van der Waals surface area contributed by atoms with Crippen molar-refractivity contribution in [2.45, 2.75) is 45.6 Å². The molecule has 0 unspecified atom stereocenters. The highest BCUT2D eigenvalue weighted by atomic mass is 32.1. The van der Waals surface area contributed by atoms with Gasteiger partial charge in [0.05, 0.1) is 18.2 Å². The lowest BCUT2D eigenvalue weighted by molar-refractivity contribution is 0.0258. The van der Waals surface area contributed by atoms with E-state index in [0.717, 1.165) is 50.6 Å². The molecule has 3 rings (SSSR count). The van der Waals surface area contributed by atoms with Crippen LogP contribution in [0.5, 0.6) is 0 Å². The molecule has 0 aromatic heterocycles. The van der Waals surface area contributed by atoms with Crippen LogP contribution in [0.25, 0.3) is 0 Å². The van der Waals surface area contributed by atoms with Crippen LogP contribution < -0.4 is 0 Å². The van der Waals surface area contributed by atoms with Crippen LogP contribution in [0, 0.1) is 0 Å². The van der Waals surface area contributed by atoms with Crippen molar-refractivity contribution < 1.29 is 14.3 Å². The van der Waals surface area contributed by atoms with Gasteiger partial charge in [-0.2, -0.15) is 0 Å². The molecule has 0 saturated carbocycles. The fraction of sp³-hybridized carbons (Fsp3) is 0.619. The van der Waals surface area contributed by atoms with E-state index in [1.807, 2.05) is 25.7 Å². The van der Waals surface area contributed by atoms with E-state index < -0.39 is 5.60 Å². The zero-order valence-electron chi connectivity index (χ0n) is 16.6. The lowest BCUT2D eigenvalue weighted by Crippen LogP contribution is -2.40. The van der Waals surface area contributed by atoms with Gasteiger partial charge in [0.15, 0.2) is 0 Å². The first-order valence-electron chi connectivity index (χ1n) is 9.76. The van der Waals surface area contributed by atoms with E-state index in [-0.39, 0.29) is 6.09 Å². The van der Waals surface area contributed by atoms with Gasteiger partial charge >= 0.3 is 6.09 Å². The third-order valence-corrected chi connectivity index (χ3v) is 5.35. The van der Waals surface area contributed by atoms with E-state index in [0.29, 0.717) is 13.1 Å². The fourth-order valence-electron chi connectivity index (χ4n) is 3.50. The quantitative estimate of drug-likeness (QED) is 0.726. The smallest absolute Gasteiger partial charge is 0.410 e. The number of hydrogen-bond acceptors (Lipinski definition) is 4. The Balaban J connectivity index is 1.62. The Morgan fingerprint density at radius 2 is 1.74 bits per heavy atom. The van der Waals surface area contributed by atoms with E-state index in [9.17, 15) is 4.79 Å². The maximum absolute atomic E-state index is 12.4. The number of nitrogens with zero attached hydrogens (tertiary/aromatic N) is 2. The third-order valence-electron chi connectivity index (χ3n) is 4.94. The van der Waals surface area contributed by atoms with E-state index in [1.165, 1.54) is 16.7 Å². The fourth-order valence-corrected chi connectivity index (χ4v) is 3.85. The van der Waals surface area contributed by atoms with Gasteiger partial charge in [0.2, 0.25) is 0 Å². The molecule has 2 aliphatic heterocycles. The molecule has 2 aliphatic rings. The molecule has 1 saturated heterocycles. The highest BCUT2D eigenvalue weighted by Crippen LogP contribution is 2.20.